The van der Waals surface area contributed by atoms with Crippen molar-refractivity contribution in [1.82, 2.24) is 25.6 Å². The summed E-state index contributed by atoms with van der Waals surface area (Å²) in [4.78, 5) is 36.3. The molecule has 4 aromatic rings. The molecule has 3 N–H and O–H groups in total. The molecule has 0 aliphatic heterocycles. The Balaban J connectivity index is 1.33. The van der Waals surface area contributed by atoms with Crippen molar-refractivity contribution in [3.05, 3.63) is 95.7 Å². The predicted molar refractivity (Wildman–Crippen MR) is 114 cm³/mol. The van der Waals surface area contributed by atoms with Gasteiger partial charge in [0.2, 0.25) is 0 Å². The number of fused-ring (bicyclic) bond motifs is 1. The van der Waals surface area contributed by atoms with Crippen LogP contribution in [0.2, 0.25) is 0 Å². The maximum Gasteiger partial charge on any atom is 0.270 e. The predicted octanol–water partition coefficient (Wildman–Crippen LogP) is 2.86. The van der Waals surface area contributed by atoms with Gasteiger partial charge in [-0.3, -0.25) is 14.6 Å². The quantitative estimate of drug-likeness (QED) is 0.445. The molecular formula is C23H21N5O2. The smallest absolute Gasteiger partial charge is 0.270 e. The van der Waals surface area contributed by atoms with Crippen molar-refractivity contribution >= 4 is 22.7 Å². The van der Waals surface area contributed by atoms with Gasteiger partial charge in [-0.2, -0.15) is 0 Å². The van der Waals surface area contributed by atoms with Crippen LogP contribution in [0.1, 0.15) is 32.1 Å². The van der Waals surface area contributed by atoms with Crippen LogP contribution in [0.3, 0.4) is 0 Å². The number of nitrogens with one attached hydrogen (secondary N) is 3. The third-order valence-electron chi connectivity index (χ3n) is 4.75. The highest BCUT2D eigenvalue weighted by molar-refractivity contribution is 5.96. The summed E-state index contributed by atoms with van der Waals surface area (Å²) in [6.45, 7) is 0.815. The molecule has 0 atom stereocenters. The average Bonchev–Trinajstić information content (AvgIpc) is 3.21. The van der Waals surface area contributed by atoms with Crippen LogP contribution in [0.5, 0.6) is 0 Å². The van der Waals surface area contributed by atoms with Crippen LogP contribution in [0.25, 0.3) is 10.9 Å². The van der Waals surface area contributed by atoms with E-state index in [4.69, 9.17) is 0 Å². The molecule has 0 unspecified atom stereocenters. The number of benzene rings is 1. The lowest BCUT2D eigenvalue weighted by Crippen LogP contribution is -2.28. The molecule has 1 aromatic carbocycles. The minimum Gasteiger partial charge on any atom is -0.361 e. The second-order valence-corrected chi connectivity index (χ2v) is 6.82. The fourth-order valence-electron chi connectivity index (χ4n) is 3.20. The third kappa shape index (κ3) is 4.52. The lowest BCUT2D eigenvalue weighted by Gasteiger charge is -2.07. The Labute approximate surface area is 173 Å². The number of para-hydroxylation sites is 1. The Hall–Kier alpha value is -4.00. The van der Waals surface area contributed by atoms with E-state index in [-0.39, 0.29) is 23.2 Å². The number of amides is 2. The first-order valence-electron chi connectivity index (χ1n) is 9.68. The highest BCUT2D eigenvalue weighted by atomic mass is 16.2. The molecule has 0 saturated heterocycles. The highest BCUT2D eigenvalue weighted by Crippen LogP contribution is 2.17. The first-order valence-corrected chi connectivity index (χ1v) is 9.68. The standard InChI is InChI=1S/C23H21N5O2/c29-22(25-12-10-17-15-26-19-7-2-1-6-18(17)19)20-8-3-9-21(28-20)23(30)27-14-16-5-4-11-24-13-16/h1-9,11,13,15,26H,10,12,14H2,(H,25,29)(H,27,30). The summed E-state index contributed by atoms with van der Waals surface area (Å²) >= 11 is 0. The molecule has 0 aliphatic carbocycles. The van der Waals surface area contributed by atoms with Crippen molar-refractivity contribution in [3.8, 4) is 0 Å². The molecule has 7 heteroatoms. The molecule has 0 aliphatic rings. The summed E-state index contributed by atoms with van der Waals surface area (Å²) < 4.78 is 0. The van der Waals surface area contributed by atoms with E-state index in [1.807, 2.05) is 30.5 Å². The van der Waals surface area contributed by atoms with E-state index in [0.29, 0.717) is 19.5 Å². The number of aromatic amines is 1. The Morgan fingerprint density at radius 3 is 2.50 bits per heavy atom. The number of H-pyrrole nitrogens is 1. The summed E-state index contributed by atoms with van der Waals surface area (Å²) in [5, 5.41) is 6.80. The third-order valence-corrected chi connectivity index (χ3v) is 4.75. The van der Waals surface area contributed by atoms with Crippen molar-refractivity contribution < 1.29 is 9.59 Å². The number of rotatable bonds is 7. The largest absolute Gasteiger partial charge is 0.361 e. The molecule has 30 heavy (non-hydrogen) atoms. The Morgan fingerprint density at radius 2 is 1.70 bits per heavy atom. The topological polar surface area (TPSA) is 99.8 Å². The molecule has 0 saturated carbocycles. The molecule has 2 amide bonds. The van der Waals surface area contributed by atoms with E-state index in [2.05, 4.69) is 31.7 Å². The van der Waals surface area contributed by atoms with Gasteiger partial charge in [0, 0.05) is 42.6 Å². The fraction of sp³-hybridized carbons (Fsp3) is 0.130. The molecule has 0 bridgehead atoms. The SMILES string of the molecule is O=C(NCCc1c[nH]c2ccccc12)c1cccc(C(=O)NCc2cccnc2)n1. The maximum absolute atomic E-state index is 12.5. The molecule has 3 aromatic heterocycles. The molecule has 7 nitrogen and oxygen atoms in total. The van der Waals surface area contributed by atoms with Gasteiger partial charge in [0.05, 0.1) is 0 Å². The number of carbonyl (C=O) groups excluding carboxylic acids is 2. The van der Waals surface area contributed by atoms with Crippen LogP contribution in [0.15, 0.2) is 73.2 Å². The summed E-state index contributed by atoms with van der Waals surface area (Å²) in [7, 11) is 0. The number of hydrogen-bond acceptors (Lipinski definition) is 4. The number of aromatic nitrogens is 3. The summed E-state index contributed by atoms with van der Waals surface area (Å²) in [6.07, 6.45) is 6.02. The lowest BCUT2D eigenvalue weighted by molar-refractivity contribution is 0.0943. The molecule has 0 fully saturated rings. The van der Waals surface area contributed by atoms with Crippen molar-refractivity contribution in [3.63, 3.8) is 0 Å². The van der Waals surface area contributed by atoms with Gasteiger partial charge in [-0.1, -0.05) is 30.3 Å². The van der Waals surface area contributed by atoms with Crippen molar-refractivity contribution in [2.75, 3.05) is 6.54 Å². The Kier molecular flexibility index (Phi) is 5.80. The van der Waals surface area contributed by atoms with E-state index >= 15 is 0 Å². The van der Waals surface area contributed by atoms with Crippen LogP contribution in [-0.4, -0.2) is 33.3 Å². The summed E-state index contributed by atoms with van der Waals surface area (Å²) in [5.74, 6) is -0.649. The zero-order chi connectivity index (χ0) is 20.8. The van der Waals surface area contributed by atoms with Gasteiger partial charge in [0.25, 0.3) is 11.8 Å². The molecule has 0 radical (unpaired) electrons. The molecule has 4 rings (SSSR count). The zero-order valence-electron chi connectivity index (χ0n) is 16.3. The number of nitrogens with zero attached hydrogens (tertiary/aromatic N) is 2. The molecule has 0 spiro atoms. The molecule has 3 heterocycles. The Bertz CT molecular complexity index is 1170. The van der Waals surface area contributed by atoms with Crippen molar-refractivity contribution in [1.29, 1.82) is 0 Å². The van der Waals surface area contributed by atoms with Gasteiger partial charge >= 0.3 is 0 Å². The van der Waals surface area contributed by atoms with Gasteiger partial charge in [-0.05, 0) is 41.8 Å². The molecular weight excluding hydrogens is 378 g/mol. The van der Waals surface area contributed by atoms with Gasteiger partial charge in [-0.15, -0.1) is 0 Å². The van der Waals surface area contributed by atoms with Gasteiger partial charge in [0.1, 0.15) is 11.4 Å². The normalized spacial score (nSPS) is 10.7. The fourth-order valence-corrected chi connectivity index (χ4v) is 3.20. The minimum absolute atomic E-state index is 0.197. The van der Waals surface area contributed by atoms with Crippen molar-refractivity contribution in [2.45, 2.75) is 13.0 Å². The van der Waals surface area contributed by atoms with Crippen molar-refractivity contribution in [2.24, 2.45) is 0 Å². The summed E-state index contributed by atoms with van der Waals surface area (Å²) in [5.41, 5.74) is 3.51. The van der Waals surface area contributed by atoms with E-state index < -0.39 is 0 Å². The van der Waals surface area contributed by atoms with Gasteiger partial charge < -0.3 is 15.6 Å². The zero-order valence-corrected chi connectivity index (χ0v) is 16.3. The number of pyridine rings is 2. The number of hydrogen-bond donors (Lipinski definition) is 3. The maximum atomic E-state index is 12.5. The first-order chi connectivity index (χ1) is 14.7. The van der Waals surface area contributed by atoms with E-state index in [1.54, 1.807) is 36.7 Å². The van der Waals surface area contributed by atoms with E-state index in [0.717, 1.165) is 22.0 Å². The molecule has 150 valence electrons. The van der Waals surface area contributed by atoms with Crippen LogP contribution < -0.4 is 10.6 Å². The van der Waals surface area contributed by atoms with Crippen LogP contribution in [-0.2, 0) is 13.0 Å². The van der Waals surface area contributed by atoms with E-state index in [1.165, 1.54) is 0 Å². The van der Waals surface area contributed by atoms with Crippen LogP contribution in [0.4, 0.5) is 0 Å². The van der Waals surface area contributed by atoms with Gasteiger partial charge in [0.15, 0.2) is 0 Å². The Morgan fingerprint density at radius 1 is 0.900 bits per heavy atom. The highest BCUT2D eigenvalue weighted by Gasteiger charge is 2.12. The monoisotopic (exact) mass is 399 g/mol. The summed E-state index contributed by atoms with van der Waals surface area (Å²) in [6, 6.07) is 16.6. The lowest BCUT2D eigenvalue weighted by atomic mass is 10.1. The minimum atomic E-state index is -0.340. The van der Waals surface area contributed by atoms with Crippen LogP contribution in [0, 0.1) is 0 Å². The average molecular weight is 399 g/mol. The van der Waals surface area contributed by atoms with Crippen LogP contribution >= 0.6 is 0 Å². The van der Waals surface area contributed by atoms with E-state index in [9.17, 15) is 9.59 Å². The van der Waals surface area contributed by atoms with Gasteiger partial charge in [-0.25, -0.2) is 4.98 Å². The second kappa shape index (κ2) is 9.00. The first kappa shape index (κ1) is 19.3. The second-order valence-electron chi connectivity index (χ2n) is 6.82. The number of carbonyl (C=O) groups is 2.